The number of rotatable bonds is 4. The number of ether oxygens (including phenoxy) is 2. The first-order chi connectivity index (χ1) is 10.3. The van der Waals surface area contributed by atoms with Gasteiger partial charge in [0.25, 0.3) is 0 Å². The highest BCUT2D eigenvalue weighted by Gasteiger charge is 2.62. The summed E-state index contributed by atoms with van der Waals surface area (Å²) >= 11 is 6.71. The molecule has 0 radical (unpaired) electrons. The van der Waals surface area contributed by atoms with Crippen molar-refractivity contribution in [2.75, 3.05) is 14.2 Å². The number of methoxy groups -OCH3 is 2. The first kappa shape index (κ1) is 15.8. The van der Waals surface area contributed by atoms with Gasteiger partial charge in [-0.1, -0.05) is 0 Å². The van der Waals surface area contributed by atoms with Gasteiger partial charge in [-0.25, -0.2) is 0 Å². The zero-order valence-corrected chi connectivity index (χ0v) is 13.6. The van der Waals surface area contributed by atoms with E-state index in [1.165, 1.54) is 14.2 Å². The molecule has 0 N–H and O–H groups in total. The molecule has 4 saturated carbocycles. The number of hydrogen-bond donors (Lipinski definition) is 0. The lowest BCUT2D eigenvalue weighted by atomic mass is 9.47. The molecule has 122 valence electrons. The van der Waals surface area contributed by atoms with Crippen LogP contribution in [0.4, 0.5) is 0 Å². The summed E-state index contributed by atoms with van der Waals surface area (Å²) in [7, 11) is 2.35. The minimum Gasteiger partial charge on any atom is -0.468 e. The lowest BCUT2D eigenvalue weighted by Crippen LogP contribution is -2.58. The predicted octanol–water partition coefficient (Wildman–Crippen LogP) is 2.10. The van der Waals surface area contributed by atoms with E-state index >= 15 is 0 Å². The molecule has 0 amide bonds. The number of Topliss-reactive ketones (excluding diaryl/α,β-unsaturated/α-hetero) is 1. The molecule has 4 fully saturated rings. The molecule has 0 spiro atoms. The monoisotopic (exact) mass is 328 g/mol. The van der Waals surface area contributed by atoms with E-state index in [0.717, 1.165) is 32.1 Å². The van der Waals surface area contributed by atoms with Crippen molar-refractivity contribution < 1.29 is 23.9 Å². The Morgan fingerprint density at radius 2 is 1.50 bits per heavy atom. The van der Waals surface area contributed by atoms with Gasteiger partial charge in [0.1, 0.15) is 0 Å². The van der Waals surface area contributed by atoms with E-state index in [2.05, 4.69) is 9.47 Å². The zero-order chi connectivity index (χ0) is 16.1. The van der Waals surface area contributed by atoms with E-state index in [-0.39, 0.29) is 10.7 Å². The van der Waals surface area contributed by atoms with Crippen molar-refractivity contribution in [3.05, 3.63) is 0 Å². The van der Waals surface area contributed by atoms with Crippen LogP contribution >= 0.6 is 11.6 Å². The fourth-order valence-electron chi connectivity index (χ4n) is 5.29. The van der Waals surface area contributed by atoms with E-state index in [9.17, 15) is 14.4 Å². The molecule has 4 aliphatic carbocycles. The maximum atomic E-state index is 13.1. The van der Waals surface area contributed by atoms with E-state index in [1.807, 2.05) is 0 Å². The normalized spacial score (nSPS) is 38.9. The number of hydrogen-bond acceptors (Lipinski definition) is 5. The fraction of sp³-hybridized carbons (Fsp3) is 0.812. The lowest BCUT2D eigenvalue weighted by molar-refractivity contribution is -0.168. The molecule has 5 nitrogen and oxygen atoms in total. The number of halogens is 1. The van der Waals surface area contributed by atoms with Crippen LogP contribution in [-0.2, 0) is 23.9 Å². The lowest BCUT2D eigenvalue weighted by Gasteiger charge is -2.59. The molecule has 0 aromatic heterocycles. The molecule has 4 rings (SSSR count). The van der Waals surface area contributed by atoms with Crippen LogP contribution in [0.2, 0.25) is 0 Å². The summed E-state index contributed by atoms with van der Waals surface area (Å²) in [6.07, 6.45) is 4.97. The molecule has 0 aromatic rings. The second-order valence-electron chi connectivity index (χ2n) is 7.24. The van der Waals surface area contributed by atoms with Gasteiger partial charge in [-0.05, 0) is 50.4 Å². The third-order valence-corrected chi connectivity index (χ3v) is 6.09. The Balaban J connectivity index is 1.93. The van der Waals surface area contributed by atoms with Gasteiger partial charge in [0, 0.05) is 10.3 Å². The van der Waals surface area contributed by atoms with Crippen LogP contribution in [0, 0.1) is 23.2 Å². The maximum Gasteiger partial charge on any atom is 0.327 e. The number of esters is 2. The average molecular weight is 329 g/mol. The second kappa shape index (κ2) is 5.22. The van der Waals surface area contributed by atoms with Crippen molar-refractivity contribution in [2.45, 2.75) is 43.4 Å². The molecule has 0 aliphatic heterocycles. The van der Waals surface area contributed by atoms with Crippen LogP contribution in [-0.4, -0.2) is 36.8 Å². The predicted molar refractivity (Wildman–Crippen MR) is 78.2 cm³/mol. The molecule has 4 aliphatic rings. The smallest absolute Gasteiger partial charge is 0.327 e. The van der Waals surface area contributed by atoms with Crippen molar-refractivity contribution in [1.82, 2.24) is 0 Å². The first-order valence-corrected chi connectivity index (χ1v) is 8.09. The van der Waals surface area contributed by atoms with Gasteiger partial charge in [0.05, 0.1) is 14.2 Å². The van der Waals surface area contributed by atoms with Gasteiger partial charge >= 0.3 is 11.9 Å². The molecule has 0 aromatic carbocycles. The maximum absolute atomic E-state index is 13.1. The van der Waals surface area contributed by atoms with Gasteiger partial charge in [-0.15, -0.1) is 11.6 Å². The molecule has 2 unspecified atom stereocenters. The molecule has 0 saturated heterocycles. The quantitative estimate of drug-likeness (QED) is 0.449. The average Bonchev–Trinajstić information content (AvgIpc) is 2.44. The minimum atomic E-state index is -1.48. The summed E-state index contributed by atoms with van der Waals surface area (Å²) < 4.78 is 9.30. The minimum absolute atomic E-state index is 0.351. The molecule has 0 heterocycles. The van der Waals surface area contributed by atoms with Crippen LogP contribution in [0.1, 0.15) is 38.5 Å². The van der Waals surface area contributed by atoms with E-state index in [0.29, 0.717) is 18.3 Å². The Bertz CT molecular complexity index is 499. The highest BCUT2D eigenvalue weighted by molar-refractivity contribution is 6.25. The van der Waals surface area contributed by atoms with Crippen LogP contribution in [0.3, 0.4) is 0 Å². The topological polar surface area (TPSA) is 69.7 Å². The largest absolute Gasteiger partial charge is 0.468 e. The molecule has 6 heteroatoms. The van der Waals surface area contributed by atoms with Crippen molar-refractivity contribution in [2.24, 2.45) is 23.2 Å². The standard InChI is InChI=1S/C16H21ClO5/c1-21-13(19)11(14(20)22-2)12(18)15-4-9-3-10(5-15)7-16(17,6-9)8-15/h9-11H,3-8H2,1-2H3/t9-,10+,15?,16?. The van der Waals surface area contributed by atoms with Gasteiger partial charge in [0.15, 0.2) is 5.78 Å². The summed E-state index contributed by atoms with van der Waals surface area (Å²) in [5.41, 5.74) is -0.668. The molecular formula is C16H21ClO5. The third-order valence-electron chi connectivity index (χ3n) is 5.65. The van der Waals surface area contributed by atoms with Crippen molar-refractivity contribution in [3.63, 3.8) is 0 Å². The molecule has 22 heavy (non-hydrogen) atoms. The molecule has 4 atom stereocenters. The number of alkyl halides is 1. The Labute approximate surface area is 134 Å². The Hall–Kier alpha value is -1.10. The highest BCUT2D eigenvalue weighted by Crippen LogP contribution is 2.64. The van der Waals surface area contributed by atoms with E-state index < -0.39 is 23.3 Å². The third kappa shape index (κ3) is 2.34. The van der Waals surface area contributed by atoms with Crippen molar-refractivity contribution >= 4 is 29.3 Å². The summed E-state index contributed by atoms with van der Waals surface area (Å²) in [6.45, 7) is 0. The number of carbonyl (C=O) groups is 3. The van der Waals surface area contributed by atoms with Gasteiger partial charge < -0.3 is 9.47 Å². The van der Waals surface area contributed by atoms with Crippen molar-refractivity contribution in [1.29, 1.82) is 0 Å². The van der Waals surface area contributed by atoms with Crippen molar-refractivity contribution in [3.8, 4) is 0 Å². The van der Waals surface area contributed by atoms with Crippen LogP contribution in [0.15, 0.2) is 0 Å². The highest BCUT2D eigenvalue weighted by atomic mass is 35.5. The number of carbonyl (C=O) groups excluding carboxylic acids is 3. The van der Waals surface area contributed by atoms with Gasteiger partial charge in [-0.3, -0.25) is 14.4 Å². The van der Waals surface area contributed by atoms with Crippen LogP contribution < -0.4 is 0 Å². The Morgan fingerprint density at radius 1 is 1.00 bits per heavy atom. The van der Waals surface area contributed by atoms with E-state index in [1.54, 1.807) is 0 Å². The van der Waals surface area contributed by atoms with Crippen LogP contribution in [0.5, 0.6) is 0 Å². The van der Waals surface area contributed by atoms with Gasteiger partial charge in [-0.2, -0.15) is 0 Å². The molecule has 4 bridgehead atoms. The summed E-state index contributed by atoms with van der Waals surface area (Å²) in [4.78, 5) is 36.6. The summed E-state index contributed by atoms with van der Waals surface area (Å²) in [5.74, 6) is -2.68. The van der Waals surface area contributed by atoms with Crippen LogP contribution in [0.25, 0.3) is 0 Å². The SMILES string of the molecule is COC(=O)C(C(=O)OC)C(=O)C12C[C@@H]3C[C@@H](CC(Cl)(C3)C1)C2. The second-order valence-corrected chi connectivity index (χ2v) is 8.04. The zero-order valence-electron chi connectivity index (χ0n) is 12.9. The Morgan fingerprint density at radius 3 is 1.91 bits per heavy atom. The van der Waals surface area contributed by atoms with E-state index in [4.69, 9.17) is 11.6 Å². The Kier molecular flexibility index (Phi) is 3.75. The molecular weight excluding hydrogens is 308 g/mol. The number of ketones is 1. The summed E-state index contributed by atoms with van der Waals surface area (Å²) in [6, 6.07) is 0. The fourth-order valence-corrected chi connectivity index (χ4v) is 5.98. The summed E-state index contributed by atoms with van der Waals surface area (Å²) in [5, 5.41) is 0. The van der Waals surface area contributed by atoms with Gasteiger partial charge in [0.2, 0.25) is 5.92 Å². The first-order valence-electron chi connectivity index (χ1n) is 7.71.